The van der Waals surface area contributed by atoms with Crippen LogP contribution in [-0.4, -0.2) is 68.7 Å². The SMILES string of the molecule is CN(CCN1CCNCC1)S(=O)(=O)C(C)(C)C. The summed E-state index contributed by atoms with van der Waals surface area (Å²) < 4.78 is 25.0. The van der Waals surface area contributed by atoms with Crippen molar-refractivity contribution in [1.82, 2.24) is 14.5 Å². The summed E-state index contributed by atoms with van der Waals surface area (Å²) in [7, 11) is -1.52. The molecule has 1 aliphatic heterocycles. The lowest BCUT2D eigenvalue weighted by Crippen LogP contribution is -2.48. The van der Waals surface area contributed by atoms with E-state index >= 15 is 0 Å². The van der Waals surface area contributed by atoms with Crippen LogP contribution >= 0.6 is 0 Å². The van der Waals surface area contributed by atoms with Gasteiger partial charge >= 0.3 is 0 Å². The van der Waals surface area contributed by atoms with E-state index in [0.29, 0.717) is 6.54 Å². The summed E-state index contributed by atoms with van der Waals surface area (Å²) in [5.41, 5.74) is 0. The summed E-state index contributed by atoms with van der Waals surface area (Å²) in [4.78, 5) is 2.30. The molecule has 0 aliphatic carbocycles. The second-order valence-corrected chi connectivity index (χ2v) is 8.33. The molecule has 1 N–H and O–H groups in total. The molecule has 1 saturated heterocycles. The van der Waals surface area contributed by atoms with E-state index < -0.39 is 14.8 Å². The third-order valence-electron chi connectivity index (χ3n) is 3.12. The molecule has 0 spiro atoms. The number of sulfonamides is 1. The maximum atomic E-state index is 12.1. The first-order valence-corrected chi connectivity index (χ1v) is 7.58. The van der Waals surface area contributed by atoms with E-state index in [1.54, 1.807) is 27.8 Å². The third-order valence-corrected chi connectivity index (χ3v) is 5.68. The molecular formula is C11H25N3O2S. The number of hydrogen-bond donors (Lipinski definition) is 1. The molecule has 1 rings (SSSR count). The van der Waals surface area contributed by atoms with Gasteiger partial charge in [-0.3, -0.25) is 4.90 Å². The number of hydrogen-bond acceptors (Lipinski definition) is 4. The van der Waals surface area contributed by atoms with Crippen LogP contribution in [0.15, 0.2) is 0 Å². The number of piperazine rings is 1. The van der Waals surface area contributed by atoms with Gasteiger partial charge in [-0.25, -0.2) is 12.7 Å². The molecule has 1 fully saturated rings. The Morgan fingerprint density at radius 2 is 1.76 bits per heavy atom. The first-order chi connectivity index (χ1) is 7.75. The molecule has 0 saturated carbocycles. The predicted octanol–water partition coefficient (Wildman–Crippen LogP) is -0.0483. The molecule has 1 aliphatic rings. The maximum absolute atomic E-state index is 12.1. The first kappa shape index (κ1) is 14.9. The highest BCUT2D eigenvalue weighted by Gasteiger charge is 2.32. The summed E-state index contributed by atoms with van der Waals surface area (Å²) in [6, 6.07) is 0. The second kappa shape index (κ2) is 5.65. The van der Waals surface area contributed by atoms with E-state index in [4.69, 9.17) is 0 Å². The average molecular weight is 263 g/mol. The minimum atomic E-state index is -3.19. The fourth-order valence-corrected chi connectivity index (χ4v) is 3.06. The Kier molecular flexibility index (Phi) is 4.95. The van der Waals surface area contributed by atoms with Gasteiger partial charge in [-0.15, -0.1) is 0 Å². The van der Waals surface area contributed by atoms with Crippen LogP contribution in [0.5, 0.6) is 0 Å². The van der Waals surface area contributed by atoms with Gasteiger partial charge in [-0.2, -0.15) is 0 Å². The summed E-state index contributed by atoms with van der Waals surface area (Å²) in [6.07, 6.45) is 0. The van der Waals surface area contributed by atoms with Crippen LogP contribution in [0.4, 0.5) is 0 Å². The lowest BCUT2D eigenvalue weighted by atomic mass is 10.3. The monoisotopic (exact) mass is 263 g/mol. The number of nitrogens with one attached hydrogen (secondary N) is 1. The van der Waals surface area contributed by atoms with Crippen LogP contribution in [0.3, 0.4) is 0 Å². The number of rotatable bonds is 4. The molecule has 102 valence electrons. The molecule has 0 amide bonds. The topological polar surface area (TPSA) is 52.6 Å². The van der Waals surface area contributed by atoms with Gasteiger partial charge in [0.2, 0.25) is 10.0 Å². The zero-order chi connectivity index (χ0) is 13.1. The fourth-order valence-electron chi connectivity index (χ4n) is 1.80. The van der Waals surface area contributed by atoms with Gasteiger partial charge in [-0.1, -0.05) is 0 Å². The third kappa shape index (κ3) is 3.91. The van der Waals surface area contributed by atoms with Gasteiger partial charge in [-0.05, 0) is 20.8 Å². The van der Waals surface area contributed by atoms with Gasteiger partial charge in [0.1, 0.15) is 0 Å². The van der Waals surface area contributed by atoms with Gasteiger partial charge in [0, 0.05) is 46.3 Å². The molecule has 0 bridgehead atoms. The molecule has 1 heterocycles. The molecule has 0 aromatic heterocycles. The van der Waals surface area contributed by atoms with E-state index in [9.17, 15) is 8.42 Å². The van der Waals surface area contributed by atoms with Crippen LogP contribution < -0.4 is 5.32 Å². The summed E-state index contributed by atoms with van der Waals surface area (Å²) in [5, 5.41) is 3.28. The summed E-state index contributed by atoms with van der Waals surface area (Å²) >= 11 is 0. The zero-order valence-corrected chi connectivity index (χ0v) is 12.2. The number of nitrogens with zero attached hydrogens (tertiary/aromatic N) is 2. The normalized spacial score (nSPS) is 19.8. The second-order valence-electron chi connectivity index (χ2n) is 5.53. The highest BCUT2D eigenvalue weighted by atomic mass is 32.2. The highest BCUT2D eigenvalue weighted by molar-refractivity contribution is 7.90. The number of likely N-dealkylation sites (N-methyl/N-ethyl adjacent to an activating group) is 1. The average Bonchev–Trinajstić information content (AvgIpc) is 2.25. The Hall–Kier alpha value is -0.170. The van der Waals surface area contributed by atoms with Crippen LogP contribution in [0.2, 0.25) is 0 Å². The molecule has 0 atom stereocenters. The molecule has 0 aromatic rings. The van der Waals surface area contributed by atoms with Crippen LogP contribution in [-0.2, 0) is 10.0 Å². The van der Waals surface area contributed by atoms with Crippen molar-refractivity contribution >= 4 is 10.0 Å². The summed E-state index contributed by atoms with van der Waals surface area (Å²) in [5.74, 6) is 0. The molecule has 0 unspecified atom stereocenters. The molecule has 5 nitrogen and oxygen atoms in total. The standard InChI is InChI=1S/C11H25N3O2S/c1-11(2,3)17(15,16)13(4)9-10-14-7-5-12-6-8-14/h12H,5-10H2,1-4H3. The van der Waals surface area contributed by atoms with Crippen molar-refractivity contribution in [2.75, 3.05) is 46.3 Å². The van der Waals surface area contributed by atoms with Crippen LogP contribution in [0.1, 0.15) is 20.8 Å². The highest BCUT2D eigenvalue weighted by Crippen LogP contribution is 2.18. The van der Waals surface area contributed by atoms with Crippen molar-refractivity contribution in [2.24, 2.45) is 0 Å². The Labute approximate surface area is 105 Å². The van der Waals surface area contributed by atoms with Crippen LogP contribution in [0, 0.1) is 0 Å². The molecular weight excluding hydrogens is 238 g/mol. The van der Waals surface area contributed by atoms with Gasteiger partial charge in [0.15, 0.2) is 0 Å². The fraction of sp³-hybridized carbons (Fsp3) is 1.00. The zero-order valence-electron chi connectivity index (χ0n) is 11.4. The minimum Gasteiger partial charge on any atom is -0.314 e. The molecule has 17 heavy (non-hydrogen) atoms. The van der Waals surface area contributed by atoms with Crippen molar-refractivity contribution in [3.05, 3.63) is 0 Å². The van der Waals surface area contributed by atoms with Crippen molar-refractivity contribution in [3.8, 4) is 0 Å². The lowest BCUT2D eigenvalue weighted by Gasteiger charge is -2.31. The molecule has 0 radical (unpaired) electrons. The van der Waals surface area contributed by atoms with Crippen molar-refractivity contribution < 1.29 is 8.42 Å². The summed E-state index contributed by atoms with van der Waals surface area (Å²) in [6.45, 7) is 10.6. The van der Waals surface area contributed by atoms with Crippen molar-refractivity contribution in [2.45, 2.75) is 25.5 Å². The molecule has 0 aromatic carbocycles. The van der Waals surface area contributed by atoms with Gasteiger partial charge in [0.25, 0.3) is 0 Å². The predicted molar refractivity (Wildman–Crippen MR) is 70.6 cm³/mol. The molecule has 6 heteroatoms. The van der Waals surface area contributed by atoms with E-state index in [1.807, 2.05) is 0 Å². The van der Waals surface area contributed by atoms with E-state index in [2.05, 4.69) is 10.2 Å². The van der Waals surface area contributed by atoms with Crippen molar-refractivity contribution in [1.29, 1.82) is 0 Å². The maximum Gasteiger partial charge on any atom is 0.218 e. The Morgan fingerprint density at radius 3 is 2.24 bits per heavy atom. The Bertz CT molecular complexity index is 329. The van der Waals surface area contributed by atoms with E-state index in [1.165, 1.54) is 4.31 Å². The Balaban J connectivity index is 2.46. The van der Waals surface area contributed by atoms with Crippen LogP contribution in [0.25, 0.3) is 0 Å². The lowest BCUT2D eigenvalue weighted by molar-refractivity contribution is 0.228. The van der Waals surface area contributed by atoms with Gasteiger partial charge in [0.05, 0.1) is 4.75 Å². The quantitative estimate of drug-likeness (QED) is 0.773. The van der Waals surface area contributed by atoms with E-state index in [-0.39, 0.29) is 0 Å². The van der Waals surface area contributed by atoms with Gasteiger partial charge < -0.3 is 5.32 Å². The first-order valence-electron chi connectivity index (χ1n) is 6.14. The van der Waals surface area contributed by atoms with E-state index in [0.717, 1.165) is 32.7 Å². The van der Waals surface area contributed by atoms with Crippen molar-refractivity contribution in [3.63, 3.8) is 0 Å². The Morgan fingerprint density at radius 1 is 1.24 bits per heavy atom. The largest absolute Gasteiger partial charge is 0.314 e. The smallest absolute Gasteiger partial charge is 0.218 e. The minimum absolute atomic E-state index is 0.569.